The van der Waals surface area contributed by atoms with E-state index in [2.05, 4.69) is 29.6 Å². The molecule has 0 saturated carbocycles. The van der Waals surface area contributed by atoms with Crippen molar-refractivity contribution >= 4 is 5.91 Å². The summed E-state index contributed by atoms with van der Waals surface area (Å²) in [6.45, 7) is 4.73. The first-order valence-corrected chi connectivity index (χ1v) is 6.13. The molecule has 17 heavy (non-hydrogen) atoms. The van der Waals surface area contributed by atoms with Gasteiger partial charge in [0.05, 0.1) is 6.10 Å². The van der Waals surface area contributed by atoms with Crippen LogP contribution in [0.15, 0.2) is 24.3 Å². The van der Waals surface area contributed by atoms with Gasteiger partial charge in [-0.05, 0) is 31.4 Å². The van der Waals surface area contributed by atoms with Gasteiger partial charge in [0.15, 0.2) is 0 Å². The highest BCUT2D eigenvalue weighted by Gasteiger charge is 2.25. The molecule has 0 aromatic heterocycles. The number of carbonyl (C=O) groups excluding carboxylic acids is 1. The highest BCUT2D eigenvalue weighted by Crippen LogP contribution is 2.33. The molecule has 3 nitrogen and oxygen atoms in total. The minimum Gasteiger partial charge on any atom is -0.369 e. The average molecular weight is 233 g/mol. The molecule has 3 heteroatoms. The van der Waals surface area contributed by atoms with Gasteiger partial charge in [-0.25, -0.2) is 0 Å². The summed E-state index contributed by atoms with van der Waals surface area (Å²) in [6.07, 6.45) is 1.17. The highest BCUT2D eigenvalue weighted by atomic mass is 16.5. The second-order valence-corrected chi connectivity index (χ2v) is 4.76. The molecular weight excluding hydrogens is 214 g/mol. The molecule has 0 bridgehead atoms. The Morgan fingerprint density at radius 1 is 1.47 bits per heavy atom. The lowest BCUT2D eigenvalue weighted by atomic mass is 9.77. The molecule has 1 aliphatic rings. The minimum atomic E-state index is -0.0249. The van der Waals surface area contributed by atoms with Gasteiger partial charge in [0.2, 0.25) is 5.91 Å². The standard InChI is InChI=1S/C14H19NO2/c1-10(2)17-9-14(16)15-8-12-7-11-5-3-4-6-13(11)12/h3-6,10,12H,7-9H2,1-2H3,(H,15,16). The lowest BCUT2D eigenvalue weighted by molar-refractivity contribution is -0.127. The van der Waals surface area contributed by atoms with Crippen LogP contribution in [-0.2, 0) is 16.0 Å². The molecule has 1 N–H and O–H groups in total. The van der Waals surface area contributed by atoms with Crippen molar-refractivity contribution in [3.05, 3.63) is 35.4 Å². The molecule has 1 aromatic rings. The third-order valence-electron chi connectivity index (χ3n) is 3.05. The van der Waals surface area contributed by atoms with Crippen LogP contribution >= 0.6 is 0 Å². The van der Waals surface area contributed by atoms with Crippen LogP contribution in [0.3, 0.4) is 0 Å². The van der Waals surface area contributed by atoms with Gasteiger partial charge in [-0.2, -0.15) is 0 Å². The van der Waals surface area contributed by atoms with Crippen LogP contribution < -0.4 is 5.32 Å². The van der Waals surface area contributed by atoms with Gasteiger partial charge in [-0.15, -0.1) is 0 Å². The summed E-state index contributed by atoms with van der Waals surface area (Å²) in [7, 11) is 0. The van der Waals surface area contributed by atoms with Gasteiger partial charge in [-0.3, -0.25) is 4.79 Å². The van der Waals surface area contributed by atoms with Crippen molar-refractivity contribution in [2.45, 2.75) is 32.3 Å². The number of hydrogen-bond acceptors (Lipinski definition) is 2. The van der Waals surface area contributed by atoms with Crippen LogP contribution in [0.2, 0.25) is 0 Å². The van der Waals surface area contributed by atoms with E-state index in [4.69, 9.17) is 4.74 Å². The minimum absolute atomic E-state index is 0.0249. The Kier molecular flexibility index (Phi) is 3.79. The largest absolute Gasteiger partial charge is 0.369 e. The lowest BCUT2D eigenvalue weighted by Crippen LogP contribution is -2.35. The fraction of sp³-hybridized carbons (Fsp3) is 0.500. The van der Waals surface area contributed by atoms with E-state index in [0.29, 0.717) is 5.92 Å². The topological polar surface area (TPSA) is 38.3 Å². The number of amides is 1. The predicted octanol–water partition coefficient (Wildman–Crippen LogP) is 1.87. The second-order valence-electron chi connectivity index (χ2n) is 4.76. The monoisotopic (exact) mass is 233 g/mol. The second kappa shape index (κ2) is 5.32. The van der Waals surface area contributed by atoms with Crippen LogP contribution in [0.4, 0.5) is 0 Å². The normalized spacial score (nSPS) is 17.5. The molecule has 0 aliphatic heterocycles. The number of fused-ring (bicyclic) bond motifs is 1. The van der Waals surface area contributed by atoms with Crippen LogP contribution in [0.25, 0.3) is 0 Å². The Hall–Kier alpha value is -1.35. The summed E-state index contributed by atoms with van der Waals surface area (Å²) >= 11 is 0. The molecule has 0 spiro atoms. The first-order valence-electron chi connectivity index (χ1n) is 6.13. The third-order valence-corrected chi connectivity index (χ3v) is 3.05. The van der Waals surface area contributed by atoms with Crippen molar-refractivity contribution in [3.63, 3.8) is 0 Å². The first-order chi connectivity index (χ1) is 8.16. The molecular formula is C14H19NO2. The van der Waals surface area contributed by atoms with Crippen LogP contribution in [0.1, 0.15) is 30.9 Å². The maximum Gasteiger partial charge on any atom is 0.246 e. The van der Waals surface area contributed by atoms with E-state index in [-0.39, 0.29) is 18.6 Å². The zero-order valence-electron chi connectivity index (χ0n) is 10.4. The first kappa shape index (κ1) is 12.1. The third kappa shape index (κ3) is 3.07. The molecule has 92 valence electrons. The number of carbonyl (C=O) groups is 1. The van der Waals surface area contributed by atoms with Crippen molar-refractivity contribution in [1.82, 2.24) is 5.32 Å². The van der Waals surface area contributed by atoms with E-state index < -0.39 is 0 Å². The fourth-order valence-electron chi connectivity index (χ4n) is 2.08. The average Bonchev–Trinajstić information content (AvgIpc) is 2.27. The highest BCUT2D eigenvalue weighted by molar-refractivity contribution is 5.77. The predicted molar refractivity (Wildman–Crippen MR) is 67.0 cm³/mol. The number of benzene rings is 1. The molecule has 0 fully saturated rings. The number of hydrogen-bond donors (Lipinski definition) is 1. The number of rotatable bonds is 5. The Bertz CT molecular complexity index is 401. The van der Waals surface area contributed by atoms with E-state index in [0.717, 1.165) is 13.0 Å². The number of nitrogens with one attached hydrogen (secondary N) is 1. The van der Waals surface area contributed by atoms with E-state index >= 15 is 0 Å². The Morgan fingerprint density at radius 3 is 2.94 bits per heavy atom. The molecule has 1 unspecified atom stereocenters. The van der Waals surface area contributed by atoms with Crippen LogP contribution in [0, 0.1) is 0 Å². The molecule has 2 rings (SSSR count). The van der Waals surface area contributed by atoms with Gasteiger partial charge in [0.1, 0.15) is 6.61 Å². The summed E-state index contributed by atoms with van der Waals surface area (Å²) in [5.74, 6) is 0.456. The quantitative estimate of drug-likeness (QED) is 0.843. The van der Waals surface area contributed by atoms with Crippen molar-refractivity contribution in [1.29, 1.82) is 0 Å². The zero-order valence-corrected chi connectivity index (χ0v) is 10.4. The number of ether oxygens (including phenoxy) is 1. The zero-order chi connectivity index (χ0) is 12.3. The van der Waals surface area contributed by atoms with Crippen LogP contribution in [0.5, 0.6) is 0 Å². The molecule has 0 saturated heterocycles. The smallest absolute Gasteiger partial charge is 0.246 e. The van der Waals surface area contributed by atoms with E-state index in [9.17, 15) is 4.79 Å². The molecule has 1 amide bonds. The summed E-state index contributed by atoms with van der Waals surface area (Å²) in [5, 5.41) is 2.92. The Labute approximate surface area is 102 Å². The summed E-state index contributed by atoms with van der Waals surface area (Å²) in [6, 6.07) is 8.40. The molecule has 0 radical (unpaired) electrons. The van der Waals surface area contributed by atoms with Crippen molar-refractivity contribution < 1.29 is 9.53 Å². The Morgan fingerprint density at radius 2 is 2.24 bits per heavy atom. The van der Waals surface area contributed by atoms with Gasteiger partial charge in [0, 0.05) is 12.5 Å². The Balaban J connectivity index is 1.72. The van der Waals surface area contributed by atoms with E-state index in [1.54, 1.807) is 0 Å². The fourth-order valence-corrected chi connectivity index (χ4v) is 2.08. The summed E-state index contributed by atoms with van der Waals surface area (Å²) in [5.41, 5.74) is 2.78. The van der Waals surface area contributed by atoms with Gasteiger partial charge in [-0.1, -0.05) is 24.3 Å². The maximum absolute atomic E-state index is 11.5. The van der Waals surface area contributed by atoms with E-state index in [1.807, 2.05) is 13.8 Å². The van der Waals surface area contributed by atoms with E-state index in [1.165, 1.54) is 11.1 Å². The van der Waals surface area contributed by atoms with Crippen molar-refractivity contribution in [3.8, 4) is 0 Å². The van der Waals surface area contributed by atoms with Crippen LogP contribution in [-0.4, -0.2) is 25.2 Å². The summed E-state index contributed by atoms with van der Waals surface area (Å²) in [4.78, 5) is 11.5. The lowest BCUT2D eigenvalue weighted by Gasteiger charge is -2.30. The molecule has 1 aromatic carbocycles. The van der Waals surface area contributed by atoms with Crippen molar-refractivity contribution in [2.24, 2.45) is 0 Å². The van der Waals surface area contributed by atoms with Gasteiger partial charge in [0.25, 0.3) is 0 Å². The molecule has 0 heterocycles. The van der Waals surface area contributed by atoms with Gasteiger partial charge < -0.3 is 10.1 Å². The molecule has 1 atom stereocenters. The maximum atomic E-state index is 11.5. The van der Waals surface area contributed by atoms with Crippen molar-refractivity contribution in [2.75, 3.05) is 13.2 Å². The summed E-state index contributed by atoms with van der Waals surface area (Å²) < 4.78 is 5.24. The van der Waals surface area contributed by atoms with Gasteiger partial charge >= 0.3 is 0 Å². The molecule has 1 aliphatic carbocycles. The SMILES string of the molecule is CC(C)OCC(=O)NCC1Cc2ccccc21.